The lowest BCUT2D eigenvalue weighted by Gasteiger charge is -2.27. The Labute approximate surface area is 195 Å². The maximum atomic E-state index is 14.1. The summed E-state index contributed by atoms with van der Waals surface area (Å²) in [6.45, 7) is 5.77. The van der Waals surface area contributed by atoms with Gasteiger partial charge in [-0.3, -0.25) is 14.6 Å². The smallest absolute Gasteiger partial charge is 0.259 e. The van der Waals surface area contributed by atoms with Gasteiger partial charge in [-0.05, 0) is 49.6 Å². The van der Waals surface area contributed by atoms with Gasteiger partial charge in [-0.2, -0.15) is 0 Å². The summed E-state index contributed by atoms with van der Waals surface area (Å²) in [6, 6.07) is 11.0. The van der Waals surface area contributed by atoms with Crippen LogP contribution in [0.3, 0.4) is 0 Å². The molecule has 0 spiro atoms. The molecule has 6 nitrogen and oxygen atoms in total. The van der Waals surface area contributed by atoms with Crippen LogP contribution in [0.1, 0.15) is 32.8 Å². The molecule has 9 heteroatoms. The lowest BCUT2D eigenvalue weighted by molar-refractivity contribution is -0.125. The molecule has 0 aliphatic carbocycles. The monoisotopic (exact) mass is 472 g/mol. The van der Waals surface area contributed by atoms with Crippen molar-refractivity contribution in [2.45, 2.75) is 38.5 Å². The summed E-state index contributed by atoms with van der Waals surface area (Å²) in [5.41, 5.74) is 1.52. The fourth-order valence-corrected chi connectivity index (χ4v) is 4.59. The van der Waals surface area contributed by atoms with Crippen LogP contribution >= 0.6 is 23.4 Å². The molecule has 2 aromatic rings. The van der Waals surface area contributed by atoms with Crippen molar-refractivity contribution >= 4 is 57.6 Å². The Bertz CT molecular complexity index is 1150. The molecule has 166 valence electrons. The van der Waals surface area contributed by atoms with Crippen LogP contribution in [-0.4, -0.2) is 39.0 Å². The minimum atomic E-state index is -0.646. The molecule has 0 aromatic heterocycles. The Balaban J connectivity index is 1.58. The molecule has 2 atom stereocenters. The first-order valence-electron chi connectivity index (χ1n) is 10.3. The van der Waals surface area contributed by atoms with Gasteiger partial charge in [0.15, 0.2) is 5.17 Å². The number of aliphatic imine (C=N–C) groups is 2. The maximum absolute atomic E-state index is 14.1. The molecule has 4 rings (SSSR count). The Morgan fingerprint density at radius 3 is 2.72 bits per heavy atom. The van der Waals surface area contributed by atoms with Crippen LogP contribution in [0.25, 0.3) is 0 Å². The number of amidine groups is 2. The van der Waals surface area contributed by atoms with E-state index >= 15 is 0 Å². The zero-order valence-electron chi connectivity index (χ0n) is 17.8. The fourth-order valence-electron chi connectivity index (χ4n) is 3.52. The molecular weight excluding hydrogens is 451 g/mol. The topological polar surface area (TPSA) is 74.1 Å². The minimum Gasteiger partial charge on any atom is -0.323 e. The first-order valence-corrected chi connectivity index (χ1v) is 11.5. The van der Waals surface area contributed by atoms with Crippen LogP contribution in [-0.2, 0) is 9.59 Å². The number of amides is 2. The van der Waals surface area contributed by atoms with Gasteiger partial charge in [0.1, 0.15) is 17.7 Å². The third-order valence-corrected chi connectivity index (χ3v) is 6.37. The standard InChI is InChI=1S/C23H22ClFN4O2S/c1-12(2)10-19-22(31)29-20(26-19)15-6-4-5-7-17(15)28-23(29)32-13(3)21(30)27-18-9-8-14(24)11-16(18)25/h4-9,11-13,19H,10H2,1-3H3,(H,27,30)/t13-,19-/m0/s1. The van der Waals surface area contributed by atoms with E-state index in [4.69, 9.17) is 16.6 Å². The quantitative estimate of drug-likeness (QED) is 0.646. The molecule has 2 heterocycles. The molecular formula is C23H22ClFN4O2S. The molecule has 0 fully saturated rings. The summed E-state index contributed by atoms with van der Waals surface area (Å²) in [6.07, 6.45) is 0.630. The van der Waals surface area contributed by atoms with E-state index in [2.05, 4.69) is 10.3 Å². The van der Waals surface area contributed by atoms with Gasteiger partial charge in [0, 0.05) is 10.6 Å². The normalized spacial score (nSPS) is 18.1. The van der Waals surface area contributed by atoms with E-state index in [-0.39, 0.29) is 16.6 Å². The summed E-state index contributed by atoms with van der Waals surface area (Å²) in [5.74, 6) is -0.317. The van der Waals surface area contributed by atoms with Crippen LogP contribution in [0.4, 0.5) is 15.8 Å². The van der Waals surface area contributed by atoms with Gasteiger partial charge in [-0.1, -0.05) is 49.3 Å². The number of fused-ring (bicyclic) bond motifs is 3. The van der Waals surface area contributed by atoms with Gasteiger partial charge in [0.2, 0.25) is 5.91 Å². The molecule has 2 aliphatic heterocycles. The van der Waals surface area contributed by atoms with Crippen molar-refractivity contribution in [3.05, 3.63) is 58.9 Å². The van der Waals surface area contributed by atoms with E-state index in [9.17, 15) is 14.0 Å². The van der Waals surface area contributed by atoms with E-state index in [0.29, 0.717) is 29.0 Å². The number of nitrogens with zero attached hydrogens (tertiary/aromatic N) is 3. The number of carbonyl (C=O) groups is 2. The number of para-hydroxylation sites is 1. The summed E-state index contributed by atoms with van der Waals surface area (Å²) >= 11 is 6.91. The average Bonchev–Trinajstić information content (AvgIpc) is 3.06. The Kier molecular flexibility index (Phi) is 6.35. The van der Waals surface area contributed by atoms with Crippen LogP contribution < -0.4 is 5.32 Å². The predicted molar refractivity (Wildman–Crippen MR) is 127 cm³/mol. The second-order valence-electron chi connectivity index (χ2n) is 8.06. The van der Waals surface area contributed by atoms with Gasteiger partial charge in [-0.25, -0.2) is 14.3 Å². The summed E-state index contributed by atoms with van der Waals surface area (Å²) in [7, 11) is 0. The fraction of sp³-hybridized carbons (Fsp3) is 0.304. The van der Waals surface area contributed by atoms with Crippen molar-refractivity contribution in [3.8, 4) is 0 Å². The molecule has 2 aromatic carbocycles. The summed E-state index contributed by atoms with van der Waals surface area (Å²) < 4.78 is 14.1. The van der Waals surface area contributed by atoms with Gasteiger partial charge in [0.25, 0.3) is 5.91 Å². The molecule has 2 amide bonds. The Morgan fingerprint density at radius 2 is 2.00 bits per heavy atom. The highest BCUT2D eigenvalue weighted by Crippen LogP contribution is 2.35. The van der Waals surface area contributed by atoms with E-state index in [1.54, 1.807) is 6.92 Å². The molecule has 0 bridgehead atoms. The number of rotatable bonds is 5. The summed E-state index contributed by atoms with van der Waals surface area (Å²) in [4.78, 5) is 36.7. The van der Waals surface area contributed by atoms with Gasteiger partial charge < -0.3 is 5.32 Å². The van der Waals surface area contributed by atoms with Crippen molar-refractivity contribution in [2.75, 3.05) is 5.32 Å². The average molecular weight is 473 g/mol. The maximum Gasteiger partial charge on any atom is 0.259 e. The molecule has 0 unspecified atom stereocenters. The van der Waals surface area contributed by atoms with E-state index < -0.39 is 23.0 Å². The van der Waals surface area contributed by atoms with Crippen molar-refractivity contribution < 1.29 is 14.0 Å². The highest BCUT2D eigenvalue weighted by atomic mass is 35.5. The number of carbonyl (C=O) groups excluding carboxylic acids is 2. The third-order valence-electron chi connectivity index (χ3n) is 5.08. The second kappa shape index (κ2) is 9.03. The van der Waals surface area contributed by atoms with Crippen LogP contribution in [0, 0.1) is 11.7 Å². The van der Waals surface area contributed by atoms with Crippen molar-refractivity contribution in [1.82, 2.24) is 4.90 Å². The first kappa shape index (κ1) is 22.5. The molecule has 2 aliphatic rings. The molecule has 0 saturated heterocycles. The molecule has 32 heavy (non-hydrogen) atoms. The lowest BCUT2D eigenvalue weighted by Crippen LogP contribution is -2.42. The number of hydrogen-bond donors (Lipinski definition) is 1. The minimum absolute atomic E-state index is 0.0410. The number of hydrogen-bond acceptors (Lipinski definition) is 5. The van der Waals surface area contributed by atoms with Crippen LogP contribution in [0.15, 0.2) is 52.4 Å². The molecule has 1 N–H and O–H groups in total. The van der Waals surface area contributed by atoms with Gasteiger partial charge >= 0.3 is 0 Å². The Morgan fingerprint density at radius 1 is 1.25 bits per heavy atom. The number of benzene rings is 2. The molecule has 0 radical (unpaired) electrons. The largest absolute Gasteiger partial charge is 0.323 e. The number of halogens is 2. The third kappa shape index (κ3) is 4.42. The van der Waals surface area contributed by atoms with Gasteiger partial charge in [-0.15, -0.1) is 0 Å². The Hall–Kier alpha value is -2.71. The number of anilines is 1. The molecule has 0 saturated carbocycles. The highest BCUT2D eigenvalue weighted by Gasteiger charge is 2.42. The van der Waals surface area contributed by atoms with E-state index in [1.807, 2.05) is 38.1 Å². The SMILES string of the molecule is CC(C)C[C@@H]1N=C2c3ccccc3N=C(S[C@@H](C)C(=O)Nc3ccc(Cl)cc3F)N2C1=O. The van der Waals surface area contributed by atoms with E-state index in [0.717, 1.165) is 23.4 Å². The predicted octanol–water partition coefficient (Wildman–Crippen LogP) is 5.24. The van der Waals surface area contributed by atoms with Crippen molar-refractivity contribution in [1.29, 1.82) is 0 Å². The van der Waals surface area contributed by atoms with E-state index in [1.165, 1.54) is 17.0 Å². The lowest BCUT2D eigenvalue weighted by atomic mass is 10.0. The zero-order chi connectivity index (χ0) is 23.0. The number of nitrogens with one attached hydrogen (secondary N) is 1. The van der Waals surface area contributed by atoms with Crippen molar-refractivity contribution in [2.24, 2.45) is 15.9 Å². The van der Waals surface area contributed by atoms with Gasteiger partial charge in [0.05, 0.1) is 16.6 Å². The van der Waals surface area contributed by atoms with Crippen LogP contribution in [0.5, 0.6) is 0 Å². The number of thioether (sulfide) groups is 1. The highest BCUT2D eigenvalue weighted by molar-refractivity contribution is 8.15. The first-order chi connectivity index (χ1) is 15.2. The van der Waals surface area contributed by atoms with Crippen LogP contribution in [0.2, 0.25) is 5.02 Å². The summed E-state index contributed by atoms with van der Waals surface area (Å²) in [5, 5.41) is 2.55. The van der Waals surface area contributed by atoms with Crippen molar-refractivity contribution in [3.63, 3.8) is 0 Å². The second-order valence-corrected chi connectivity index (χ2v) is 9.80. The zero-order valence-corrected chi connectivity index (χ0v) is 19.4.